The number of hydrogen-bond acceptors (Lipinski definition) is 5. The third-order valence-corrected chi connectivity index (χ3v) is 6.56. The van der Waals surface area contributed by atoms with Crippen molar-refractivity contribution in [1.82, 2.24) is 4.72 Å². The number of benzene rings is 1. The summed E-state index contributed by atoms with van der Waals surface area (Å²) in [7, 11) is -3.55. The predicted molar refractivity (Wildman–Crippen MR) is 88.8 cm³/mol. The van der Waals surface area contributed by atoms with E-state index in [0.717, 1.165) is 29.1 Å². The number of hydrogen-bond donors (Lipinski definition) is 2. The molecule has 1 fully saturated rings. The van der Waals surface area contributed by atoms with E-state index >= 15 is 0 Å². The number of rotatable bonds is 7. The van der Waals surface area contributed by atoms with E-state index in [1.54, 1.807) is 23.9 Å². The van der Waals surface area contributed by atoms with Crippen LogP contribution >= 0.6 is 11.8 Å². The van der Waals surface area contributed by atoms with Crippen molar-refractivity contribution >= 4 is 21.8 Å². The minimum atomic E-state index is -3.55. The molecule has 0 aromatic heterocycles. The predicted octanol–water partition coefficient (Wildman–Crippen LogP) is 1.47. The second-order valence-corrected chi connectivity index (χ2v) is 8.50. The van der Waals surface area contributed by atoms with E-state index in [1.807, 2.05) is 19.9 Å². The van der Waals surface area contributed by atoms with Crippen LogP contribution in [0.5, 0.6) is 0 Å². The van der Waals surface area contributed by atoms with Crippen molar-refractivity contribution in [2.45, 2.75) is 30.8 Å². The van der Waals surface area contributed by atoms with Crippen LogP contribution in [-0.2, 0) is 14.8 Å². The standard InChI is InChI=1S/C15H23NO4S2/c1-12-3-4-14(9-13(12)2)22(18,19)16-10-15(20-7-6-17)5-8-21-11-15/h3-4,9,16-17H,5-8,10-11H2,1-2H3. The van der Waals surface area contributed by atoms with Crippen LogP contribution in [0.3, 0.4) is 0 Å². The average Bonchev–Trinajstić information content (AvgIpc) is 2.95. The fourth-order valence-corrected chi connectivity index (χ4v) is 4.91. The van der Waals surface area contributed by atoms with Crippen LogP contribution in [-0.4, -0.2) is 50.4 Å². The Hall–Kier alpha value is -0.600. The van der Waals surface area contributed by atoms with Gasteiger partial charge in [0.25, 0.3) is 0 Å². The quantitative estimate of drug-likeness (QED) is 0.783. The minimum absolute atomic E-state index is 0.0592. The van der Waals surface area contributed by atoms with Crippen LogP contribution in [0.15, 0.2) is 23.1 Å². The van der Waals surface area contributed by atoms with Gasteiger partial charge in [-0.2, -0.15) is 11.8 Å². The van der Waals surface area contributed by atoms with Crippen LogP contribution in [0.1, 0.15) is 17.5 Å². The van der Waals surface area contributed by atoms with Crippen molar-refractivity contribution in [3.05, 3.63) is 29.3 Å². The number of ether oxygens (including phenoxy) is 1. The molecule has 2 N–H and O–H groups in total. The highest BCUT2D eigenvalue weighted by Gasteiger charge is 2.36. The Labute approximate surface area is 136 Å². The van der Waals surface area contributed by atoms with Crippen LogP contribution in [0.25, 0.3) is 0 Å². The van der Waals surface area contributed by atoms with Crippen molar-refractivity contribution in [2.24, 2.45) is 0 Å². The van der Waals surface area contributed by atoms with Gasteiger partial charge >= 0.3 is 0 Å². The molecule has 22 heavy (non-hydrogen) atoms. The zero-order valence-electron chi connectivity index (χ0n) is 13.0. The Balaban J connectivity index is 2.09. The van der Waals surface area contributed by atoms with E-state index in [2.05, 4.69) is 4.72 Å². The molecule has 1 heterocycles. The summed E-state index contributed by atoms with van der Waals surface area (Å²) in [5.74, 6) is 1.68. The lowest BCUT2D eigenvalue weighted by molar-refractivity contribution is -0.0358. The molecule has 0 amide bonds. The van der Waals surface area contributed by atoms with Gasteiger partial charge in [0.15, 0.2) is 0 Å². The van der Waals surface area contributed by atoms with Crippen molar-refractivity contribution < 1.29 is 18.3 Å². The molecule has 0 saturated carbocycles. The largest absolute Gasteiger partial charge is 0.394 e. The van der Waals surface area contributed by atoms with Gasteiger partial charge in [0.05, 0.1) is 23.7 Å². The molecule has 0 aliphatic carbocycles. The second-order valence-electron chi connectivity index (χ2n) is 5.63. The first kappa shape index (κ1) is 17.7. The maximum Gasteiger partial charge on any atom is 0.240 e. The lowest BCUT2D eigenvalue weighted by Gasteiger charge is -2.28. The van der Waals surface area contributed by atoms with Crippen molar-refractivity contribution in [3.63, 3.8) is 0 Å². The summed E-state index contributed by atoms with van der Waals surface area (Å²) >= 11 is 1.74. The van der Waals surface area contributed by atoms with Gasteiger partial charge in [0.1, 0.15) is 0 Å². The Morgan fingerprint density at radius 2 is 2.14 bits per heavy atom. The Morgan fingerprint density at radius 1 is 1.36 bits per heavy atom. The van der Waals surface area contributed by atoms with Crippen LogP contribution in [0.4, 0.5) is 0 Å². The molecule has 1 aromatic carbocycles. The molecule has 0 radical (unpaired) electrons. The fraction of sp³-hybridized carbons (Fsp3) is 0.600. The smallest absolute Gasteiger partial charge is 0.240 e. The highest BCUT2D eigenvalue weighted by atomic mass is 32.2. The van der Waals surface area contributed by atoms with Crippen LogP contribution < -0.4 is 4.72 Å². The number of aliphatic hydroxyl groups excluding tert-OH is 1. The van der Waals surface area contributed by atoms with Gasteiger partial charge in [-0.1, -0.05) is 6.07 Å². The third kappa shape index (κ3) is 4.23. The molecule has 0 spiro atoms. The van der Waals surface area contributed by atoms with Gasteiger partial charge in [-0.3, -0.25) is 0 Å². The summed E-state index contributed by atoms with van der Waals surface area (Å²) in [6.07, 6.45) is 0.785. The molecule has 2 rings (SSSR count). The molecule has 5 nitrogen and oxygen atoms in total. The fourth-order valence-electron chi connectivity index (χ4n) is 2.35. The monoisotopic (exact) mass is 345 g/mol. The molecule has 1 atom stereocenters. The van der Waals surface area contributed by atoms with Crippen molar-refractivity contribution in [1.29, 1.82) is 0 Å². The lowest BCUT2D eigenvalue weighted by Crippen LogP contribution is -2.45. The van der Waals surface area contributed by atoms with E-state index in [9.17, 15) is 8.42 Å². The molecular formula is C15H23NO4S2. The summed E-state index contributed by atoms with van der Waals surface area (Å²) < 4.78 is 33.3. The maximum atomic E-state index is 12.4. The topological polar surface area (TPSA) is 75.6 Å². The van der Waals surface area contributed by atoms with E-state index < -0.39 is 15.6 Å². The SMILES string of the molecule is Cc1ccc(S(=O)(=O)NCC2(OCCO)CCSC2)cc1C. The molecule has 0 bridgehead atoms. The van der Waals surface area contributed by atoms with E-state index in [4.69, 9.17) is 9.84 Å². The van der Waals surface area contributed by atoms with Crippen LogP contribution in [0, 0.1) is 13.8 Å². The summed E-state index contributed by atoms with van der Waals surface area (Å²) in [6.45, 7) is 4.25. The highest BCUT2D eigenvalue weighted by Crippen LogP contribution is 2.31. The van der Waals surface area contributed by atoms with Gasteiger partial charge in [-0.15, -0.1) is 0 Å². The molecule has 1 aliphatic heterocycles. The summed E-state index contributed by atoms with van der Waals surface area (Å²) in [5, 5.41) is 8.93. The second kappa shape index (κ2) is 7.31. The minimum Gasteiger partial charge on any atom is -0.394 e. The lowest BCUT2D eigenvalue weighted by atomic mass is 10.0. The van der Waals surface area contributed by atoms with Gasteiger partial charge in [0, 0.05) is 12.3 Å². The van der Waals surface area contributed by atoms with Crippen molar-refractivity contribution in [3.8, 4) is 0 Å². The summed E-state index contributed by atoms with van der Waals surface area (Å²) in [6, 6.07) is 5.12. The van der Waals surface area contributed by atoms with Gasteiger partial charge in [-0.05, 0) is 49.3 Å². The number of aliphatic hydroxyl groups is 1. The van der Waals surface area contributed by atoms with E-state index in [0.29, 0.717) is 0 Å². The van der Waals surface area contributed by atoms with Crippen molar-refractivity contribution in [2.75, 3.05) is 31.3 Å². The number of sulfonamides is 1. The number of aryl methyl sites for hydroxylation is 2. The summed E-state index contributed by atoms with van der Waals surface area (Å²) in [5.41, 5.74) is 1.50. The zero-order chi connectivity index (χ0) is 16.2. The highest BCUT2D eigenvalue weighted by molar-refractivity contribution is 7.99. The molecule has 1 aliphatic rings. The Kier molecular flexibility index (Phi) is 5.90. The third-order valence-electron chi connectivity index (χ3n) is 3.94. The molecule has 124 valence electrons. The van der Waals surface area contributed by atoms with E-state index in [1.165, 1.54) is 0 Å². The average molecular weight is 345 g/mol. The van der Waals surface area contributed by atoms with E-state index in [-0.39, 0.29) is 24.7 Å². The van der Waals surface area contributed by atoms with Gasteiger partial charge in [-0.25, -0.2) is 13.1 Å². The molecular weight excluding hydrogens is 322 g/mol. The Morgan fingerprint density at radius 3 is 2.73 bits per heavy atom. The first-order chi connectivity index (χ1) is 10.4. The first-order valence-electron chi connectivity index (χ1n) is 7.28. The van der Waals surface area contributed by atoms with Gasteiger partial charge < -0.3 is 9.84 Å². The summed E-state index contributed by atoms with van der Waals surface area (Å²) in [4.78, 5) is 0.276. The first-order valence-corrected chi connectivity index (χ1v) is 9.92. The molecule has 1 aromatic rings. The number of thioether (sulfide) groups is 1. The molecule has 1 saturated heterocycles. The normalized spacial score (nSPS) is 22.1. The zero-order valence-corrected chi connectivity index (χ0v) is 14.6. The molecule has 7 heteroatoms. The Bertz CT molecular complexity index is 610. The van der Waals surface area contributed by atoms with Crippen LogP contribution in [0.2, 0.25) is 0 Å². The van der Waals surface area contributed by atoms with Gasteiger partial charge in [0.2, 0.25) is 10.0 Å². The molecule has 1 unspecified atom stereocenters. The maximum absolute atomic E-state index is 12.4. The number of nitrogens with one attached hydrogen (secondary N) is 1.